The van der Waals surface area contributed by atoms with Crippen LogP contribution >= 0.6 is 0 Å². The summed E-state index contributed by atoms with van der Waals surface area (Å²) in [5, 5.41) is 12.5. The van der Waals surface area contributed by atoms with Gasteiger partial charge in [0.25, 0.3) is 0 Å². The fraction of sp³-hybridized carbons (Fsp3) is 0.938. The highest BCUT2D eigenvalue weighted by atomic mass is 16.3. The van der Waals surface area contributed by atoms with Gasteiger partial charge in [-0.15, -0.1) is 0 Å². The third-order valence-corrected chi connectivity index (χ3v) is 5.68. The van der Waals surface area contributed by atoms with Gasteiger partial charge in [0.2, 0.25) is 5.91 Å². The number of amides is 1. The quantitative estimate of drug-likeness (QED) is 0.823. The summed E-state index contributed by atoms with van der Waals surface area (Å²) in [7, 11) is 0. The van der Waals surface area contributed by atoms with Crippen molar-refractivity contribution in [2.24, 2.45) is 23.2 Å². The standard InChI is InChI=1S/C16H27NO2/c1-15(2,10-18)17-14(19)16-7-11-3-4-12(8-16)6-13(5-11)9-16/h11-13,18H,3-10H2,1-2H3,(H,17,19)/t11-,12-,13?,16?/m1/s1. The van der Waals surface area contributed by atoms with Crippen molar-refractivity contribution in [2.45, 2.75) is 64.3 Å². The van der Waals surface area contributed by atoms with Crippen LogP contribution in [0.1, 0.15) is 58.8 Å². The molecule has 4 bridgehead atoms. The largest absolute Gasteiger partial charge is 0.394 e. The zero-order valence-electron chi connectivity index (χ0n) is 12.2. The first kappa shape index (κ1) is 13.4. The Morgan fingerprint density at radius 2 is 1.68 bits per heavy atom. The molecule has 4 fully saturated rings. The zero-order chi connectivity index (χ0) is 13.7. The van der Waals surface area contributed by atoms with Gasteiger partial charge in [0.15, 0.2) is 0 Å². The van der Waals surface area contributed by atoms with Crippen LogP contribution in [0.4, 0.5) is 0 Å². The van der Waals surface area contributed by atoms with E-state index >= 15 is 0 Å². The van der Waals surface area contributed by atoms with Crippen molar-refractivity contribution < 1.29 is 9.90 Å². The molecule has 4 saturated carbocycles. The summed E-state index contributed by atoms with van der Waals surface area (Å²) in [6.45, 7) is 3.81. The van der Waals surface area contributed by atoms with Crippen LogP contribution in [-0.4, -0.2) is 23.2 Å². The molecule has 0 spiro atoms. The first-order valence-corrected chi connectivity index (χ1v) is 7.86. The molecule has 108 valence electrons. The molecule has 4 aliphatic carbocycles. The smallest absolute Gasteiger partial charge is 0.226 e. The van der Waals surface area contributed by atoms with Gasteiger partial charge in [0.05, 0.1) is 12.1 Å². The maximum absolute atomic E-state index is 12.8. The molecule has 0 unspecified atom stereocenters. The first-order valence-electron chi connectivity index (χ1n) is 7.86. The topological polar surface area (TPSA) is 49.3 Å². The molecule has 4 rings (SSSR count). The molecule has 0 aromatic carbocycles. The molecule has 0 aromatic rings. The summed E-state index contributed by atoms with van der Waals surface area (Å²) in [4.78, 5) is 12.8. The van der Waals surface area contributed by atoms with E-state index in [-0.39, 0.29) is 17.9 Å². The number of nitrogens with one attached hydrogen (secondary N) is 1. The normalized spacial score (nSPS) is 41.1. The van der Waals surface area contributed by atoms with Crippen LogP contribution in [-0.2, 0) is 4.79 Å². The van der Waals surface area contributed by atoms with E-state index in [4.69, 9.17) is 0 Å². The Balaban J connectivity index is 1.81. The average molecular weight is 265 g/mol. The number of hydrogen-bond acceptors (Lipinski definition) is 2. The van der Waals surface area contributed by atoms with E-state index in [0.29, 0.717) is 0 Å². The molecule has 2 N–H and O–H groups in total. The second-order valence-electron chi connectivity index (χ2n) is 8.04. The van der Waals surface area contributed by atoms with Gasteiger partial charge >= 0.3 is 0 Å². The van der Waals surface area contributed by atoms with Gasteiger partial charge in [-0.3, -0.25) is 4.79 Å². The lowest BCUT2D eigenvalue weighted by molar-refractivity contribution is -0.140. The molecule has 2 atom stereocenters. The number of rotatable bonds is 3. The minimum atomic E-state index is -0.491. The van der Waals surface area contributed by atoms with Crippen molar-refractivity contribution >= 4 is 5.91 Å². The van der Waals surface area contributed by atoms with E-state index in [2.05, 4.69) is 5.32 Å². The fourth-order valence-corrected chi connectivity index (χ4v) is 4.95. The summed E-state index contributed by atoms with van der Waals surface area (Å²) < 4.78 is 0. The van der Waals surface area contributed by atoms with Crippen LogP contribution < -0.4 is 5.32 Å². The Labute approximate surface area is 116 Å². The number of carbonyl (C=O) groups excluding carboxylic acids is 1. The molecule has 0 radical (unpaired) electrons. The van der Waals surface area contributed by atoms with Gasteiger partial charge in [0.1, 0.15) is 0 Å². The molecular formula is C16H27NO2. The van der Waals surface area contributed by atoms with Gasteiger partial charge in [-0.1, -0.05) is 12.8 Å². The van der Waals surface area contributed by atoms with Crippen molar-refractivity contribution in [2.75, 3.05) is 6.61 Å². The van der Waals surface area contributed by atoms with Crippen molar-refractivity contribution in [1.82, 2.24) is 5.32 Å². The number of aliphatic hydroxyl groups is 1. The van der Waals surface area contributed by atoms with Gasteiger partial charge in [-0.2, -0.15) is 0 Å². The monoisotopic (exact) mass is 265 g/mol. The molecule has 1 amide bonds. The molecule has 3 nitrogen and oxygen atoms in total. The highest BCUT2D eigenvalue weighted by Crippen LogP contribution is 2.57. The van der Waals surface area contributed by atoms with E-state index < -0.39 is 5.54 Å². The lowest BCUT2D eigenvalue weighted by atomic mass is 9.58. The van der Waals surface area contributed by atoms with Crippen LogP contribution in [0, 0.1) is 23.2 Å². The lowest BCUT2D eigenvalue weighted by Gasteiger charge is -2.48. The minimum Gasteiger partial charge on any atom is -0.394 e. The highest BCUT2D eigenvalue weighted by Gasteiger charge is 2.52. The van der Waals surface area contributed by atoms with Gasteiger partial charge < -0.3 is 10.4 Å². The maximum atomic E-state index is 12.8. The maximum Gasteiger partial charge on any atom is 0.226 e. The third kappa shape index (κ3) is 2.42. The molecule has 0 heterocycles. The number of fused-ring (bicyclic) bond motifs is 1. The Morgan fingerprint density at radius 3 is 2.21 bits per heavy atom. The van der Waals surface area contributed by atoms with E-state index in [1.165, 1.54) is 25.7 Å². The van der Waals surface area contributed by atoms with Crippen molar-refractivity contribution in [1.29, 1.82) is 0 Å². The predicted octanol–water partition coefficient (Wildman–Crippen LogP) is 2.48. The Kier molecular flexibility index (Phi) is 3.16. The molecule has 4 aliphatic rings. The second-order valence-corrected chi connectivity index (χ2v) is 8.04. The van der Waals surface area contributed by atoms with E-state index in [1.54, 1.807) is 0 Å². The third-order valence-electron chi connectivity index (χ3n) is 5.68. The average Bonchev–Trinajstić information content (AvgIpc) is 2.55. The predicted molar refractivity (Wildman–Crippen MR) is 74.5 cm³/mol. The summed E-state index contributed by atoms with van der Waals surface area (Å²) in [5.41, 5.74) is -0.602. The highest BCUT2D eigenvalue weighted by molar-refractivity contribution is 5.83. The Hall–Kier alpha value is -0.570. The Bertz CT molecular complexity index is 361. The summed E-state index contributed by atoms with van der Waals surface area (Å²) in [6, 6.07) is 0. The van der Waals surface area contributed by atoms with Crippen LogP contribution in [0.3, 0.4) is 0 Å². The summed E-state index contributed by atoms with van der Waals surface area (Å²) in [5.74, 6) is 2.54. The summed E-state index contributed by atoms with van der Waals surface area (Å²) in [6.07, 6.45) is 8.65. The SMILES string of the molecule is CC(C)(CO)NC(=O)C12CC3C[C@@H](CC[C@H](C3)C1)C2. The second kappa shape index (κ2) is 4.47. The molecule has 0 saturated heterocycles. The minimum absolute atomic E-state index is 0.00507. The number of carbonyl (C=O) groups is 1. The molecule has 0 aliphatic heterocycles. The Morgan fingerprint density at radius 1 is 1.16 bits per heavy atom. The van der Waals surface area contributed by atoms with Crippen LogP contribution in [0.25, 0.3) is 0 Å². The molecular weight excluding hydrogens is 238 g/mol. The van der Waals surface area contributed by atoms with Crippen LogP contribution in [0.15, 0.2) is 0 Å². The molecule has 0 aromatic heterocycles. The molecule has 19 heavy (non-hydrogen) atoms. The lowest BCUT2D eigenvalue weighted by Crippen LogP contribution is -2.55. The van der Waals surface area contributed by atoms with E-state index in [1.807, 2.05) is 13.8 Å². The fourth-order valence-electron chi connectivity index (χ4n) is 4.95. The first-order chi connectivity index (χ1) is 8.92. The van der Waals surface area contributed by atoms with Crippen molar-refractivity contribution in [3.63, 3.8) is 0 Å². The van der Waals surface area contributed by atoms with Gasteiger partial charge in [0, 0.05) is 5.41 Å². The zero-order valence-corrected chi connectivity index (χ0v) is 12.2. The van der Waals surface area contributed by atoms with E-state index in [0.717, 1.165) is 37.0 Å². The summed E-state index contributed by atoms with van der Waals surface area (Å²) >= 11 is 0. The van der Waals surface area contributed by atoms with Gasteiger partial charge in [-0.25, -0.2) is 0 Å². The van der Waals surface area contributed by atoms with Crippen molar-refractivity contribution in [3.05, 3.63) is 0 Å². The van der Waals surface area contributed by atoms with E-state index in [9.17, 15) is 9.90 Å². The number of aliphatic hydroxyl groups excluding tert-OH is 1. The van der Waals surface area contributed by atoms with Crippen LogP contribution in [0.5, 0.6) is 0 Å². The van der Waals surface area contributed by atoms with Crippen molar-refractivity contribution in [3.8, 4) is 0 Å². The van der Waals surface area contributed by atoms with Crippen LogP contribution in [0.2, 0.25) is 0 Å². The number of hydrogen-bond donors (Lipinski definition) is 2. The molecule has 3 heteroatoms. The van der Waals surface area contributed by atoms with Gasteiger partial charge in [-0.05, 0) is 63.7 Å².